The molecule has 5 heteroatoms. The number of nitrogens with zero attached hydrogens (tertiary/aromatic N) is 1. The molecule has 0 aliphatic heterocycles. The van der Waals surface area contributed by atoms with Gasteiger partial charge in [0.1, 0.15) is 5.56 Å². The first-order valence-corrected chi connectivity index (χ1v) is 3.86. The number of anilines is 1. The number of pyridine rings is 1. The molecule has 0 bridgehead atoms. The van der Waals surface area contributed by atoms with Crippen molar-refractivity contribution in [3.8, 4) is 0 Å². The molecule has 0 radical (unpaired) electrons. The number of rotatable bonds is 2. The third kappa shape index (κ3) is 1.94. The van der Waals surface area contributed by atoms with Gasteiger partial charge in [-0.3, -0.25) is 10.7 Å². The highest BCUT2D eigenvalue weighted by Gasteiger charge is 2.12. The van der Waals surface area contributed by atoms with Crippen LogP contribution < -0.4 is 11.1 Å². The zero-order valence-corrected chi connectivity index (χ0v) is 7.66. The van der Waals surface area contributed by atoms with Crippen molar-refractivity contribution in [3.05, 3.63) is 17.8 Å². The number of methoxy groups -OCH3 is 1. The molecule has 70 valence electrons. The van der Waals surface area contributed by atoms with Gasteiger partial charge in [-0.2, -0.15) is 0 Å². The maximum Gasteiger partial charge on any atom is 0.237 e. The Morgan fingerprint density at radius 2 is 2.38 bits per heavy atom. The molecule has 1 heterocycles. The summed E-state index contributed by atoms with van der Waals surface area (Å²) in [7, 11) is 3.30. The van der Waals surface area contributed by atoms with Gasteiger partial charge in [-0.1, -0.05) is 0 Å². The number of hydrogen-bond acceptors (Lipinski definition) is 4. The Hall–Kier alpha value is -1.62. The van der Waals surface area contributed by atoms with E-state index in [1.54, 1.807) is 12.3 Å². The predicted molar refractivity (Wildman–Crippen MR) is 50.0 cm³/mol. The highest BCUT2D eigenvalue weighted by molar-refractivity contribution is 5.95. The van der Waals surface area contributed by atoms with E-state index in [4.69, 9.17) is 15.9 Å². The minimum atomic E-state index is 0.0768. The van der Waals surface area contributed by atoms with Gasteiger partial charge in [-0.05, 0) is 6.07 Å². The molecule has 5 nitrogen and oxygen atoms in total. The van der Waals surface area contributed by atoms with E-state index in [0.717, 1.165) is 0 Å². The topological polar surface area (TPSA) is 88.6 Å². The average molecular weight is 181 g/mol. The molecule has 1 aromatic rings. The first kappa shape index (κ1) is 9.47. The Morgan fingerprint density at radius 1 is 1.69 bits per heavy atom. The lowest BCUT2D eigenvalue weighted by atomic mass is 10.2. The van der Waals surface area contributed by atoms with Crippen molar-refractivity contribution in [2.75, 3.05) is 19.9 Å². The molecular weight excluding hydrogens is 168 g/mol. The standard InChI is InChI=1S/C8H12N4O/c1-11-8-6(7(10)13-2)3-5(9)4-12-8/h3-4,10H,9H2,1-2H3,(H,11,12)/p+1. The fourth-order valence-electron chi connectivity index (χ4n) is 1.01. The number of nitrogens with two attached hydrogens (primary N) is 2. The van der Waals surface area contributed by atoms with Crippen LogP contribution in [0.3, 0.4) is 0 Å². The highest BCUT2D eigenvalue weighted by Crippen LogP contribution is 2.11. The molecule has 0 aliphatic carbocycles. The maximum absolute atomic E-state index is 7.48. The Bertz CT molecular complexity index is 324. The van der Waals surface area contributed by atoms with Gasteiger partial charge in [0.15, 0.2) is 0 Å². The number of quaternary nitrogens is 1. The highest BCUT2D eigenvalue weighted by atomic mass is 16.5. The van der Waals surface area contributed by atoms with Gasteiger partial charge < -0.3 is 10.5 Å². The van der Waals surface area contributed by atoms with E-state index in [0.29, 0.717) is 17.1 Å². The van der Waals surface area contributed by atoms with E-state index < -0.39 is 0 Å². The number of aromatic nitrogens is 1. The summed E-state index contributed by atoms with van der Waals surface area (Å²) in [5, 5.41) is 9.29. The van der Waals surface area contributed by atoms with Crippen LogP contribution in [0.25, 0.3) is 0 Å². The van der Waals surface area contributed by atoms with Crippen LogP contribution in [0.15, 0.2) is 12.3 Å². The van der Waals surface area contributed by atoms with E-state index in [1.807, 2.05) is 12.4 Å². The molecule has 0 saturated heterocycles. The second kappa shape index (κ2) is 3.86. The first-order valence-electron chi connectivity index (χ1n) is 3.86. The quantitative estimate of drug-likeness (QED) is 0.423. The largest absolute Gasteiger partial charge is 0.481 e. The summed E-state index contributed by atoms with van der Waals surface area (Å²) in [5.41, 5.74) is 6.69. The minimum Gasteiger partial charge on any atom is -0.481 e. The third-order valence-corrected chi connectivity index (χ3v) is 1.66. The molecule has 5 N–H and O–H groups in total. The molecule has 0 unspecified atom stereocenters. The Balaban J connectivity index is 3.15. The fourth-order valence-corrected chi connectivity index (χ4v) is 1.01. The summed E-state index contributed by atoms with van der Waals surface area (Å²) in [5.74, 6) is 0.786. The molecule has 0 atom stereocenters. The van der Waals surface area contributed by atoms with E-state index in [1.165, 1.54) is 7.11 Å². The second-order valence-corrected chi connectivity index (χ2v) is 2.52. The molecule has 13 heavy (non-hydrogen) atoms. The summed E-state index contributed by atoms with van der Waals surface area (Å²) in [6.45, 7) is 0. The normalized spacial score (nSPS) is 9.69. The summed E-state index contributed by atoms with van der Waals surface area (Å²) >= 11 is 0. The van der Waals surface area contributed by atoms with Crippen molar-refractivity contribution >= 4 is 17.4 Å². The average Bonchev–Trinajstić information content (AvgIpc) is 2.16. The monoisotopic (exact) mass is 181 g/mol. The van der Waals surface area contributed by atoms with Crippen LogP contribution in [0.2, 0.25) is 0 Å². The molecule has 0 spiro atoms. The minimum absolute atomic E-state index is 0.0768. The van der Waals surface area contributed by atoms with Crippen LogP contribution in [0.1, 0.15) is 5.56 Å². The van der Waals surface area contributed by atoms with E-state index in [2.05, 4.69) is 4.98 Å². The lowest BCUT2D eigenvalue weighted by molar-refractivity contribution is -0.543. The lowest BCUT2D eigenvalue weighted by Crippen LogP contribution is -2.74. The number of hydrogen-bond donors (Lipinski definition) is 3. The van der Waals surface area contributed by atoms with Crippen molar-refractivity contribution in [1.82, 2.24) is 4.98 Å². The summed E-state index contributed by atoms with van der Waals surface area (Å²) < 4.78 is 4.80. The van der Waals surface area contributed by atoms with Crippen molar-refractivity contribution in [1.29, 1.82) is 5.41 Å². The fraction of sp³-hybridized carbons (Fsp3) is 0.250. The Labute approximate surface area is 76.4 Å². The molecule has 0 aromatic carbocycles. The van der Waals surface area contributed by atoms with E-state index in [9.17, 15) is 0 Å². The van der Waals surface area contributed by atoms with E-state index >= 15 is 0 Å². The molecule has 1 rings (SSSR count). The number of ether oxygens (including phenoxy) is 1. The van der Waals surface area contributed by atoms with Crippen LogP contribution in [-0.4, -0.2) is 25.0 Å². The first-order chi connectivity index (χ1) is 6.19. The van der Waals surface area contributed by atoms with Gasteiger partial charge >= 0.3 is 0 Å². The Kier molecular flexibility index (Phi) is 2.81. The van der Waals surface area contributed by atoms with Gasteiger partial charge in [-0.25, -0.2) is 4.98 Å². The molecule has 0 saturated carbocycles. The molecule has 1 aromatic heterocycles. The van der Waals surface area contributed by atoms with Crippen molar-refractivity contribution < 1.29 is 10.1 Å². The van der Waals surface area contributed by atoms with Crippen LogP contribution in [0.4, 0.5) is 11.5 Å². The number of nitrogens with one attached hydrogen (secondary N) is 1. The van der Waals surface area contributed by atoms with Gasteiger partial charge in [0.2, 0.25) is 11.7 Å². The van der Waals surface area contributed by atoms with Crippen LogP contribution in [0, 0.1) is 5.41 Å². The third-order valence-electron chi connectivity index (χ3n) is 1.66. The Morgan fingerprint density at radius 3 is 2.92 bits per heavy atom. The van der Waals surface area contributed by atoms with Crippen LogP contribution in [-0.2, 0) is 4.74 Å². The SMILES string of the molecule is C[NH2+]c1ncc(N)cc1C(=N)OC. The van der Waals surface area contributed by atoms with Crippen LogP contribution >= 0.6 is 0 Å². The zero-order valence-electron chi connectivity index (χ0n) is 7.66. The van der Waals surface area contributed by atoms with Gasteiger partial charge in [-0.15, -0.1) is 0 Å². The molecule has 0 aliphatic rings. The molecule has 0 amide bonds. The summed E-state index contributed by atoms with van der Waals surface area (Å²) in [6.07, 6.45) is 1.56. The lowest BCUT2D eigenvalue weighted by Gasteiger charge is -2.05. The maximum atomic E-state index is 7.48. The second-order valence-electron chi connectivity index (χ2n) is 2.52. The summed E-state index contributed by atoms with van der Waals surface area (Å²) in [6, 6.07) is 1.67. The van der Waals surface area contributed by atoms with E-state index in [-0.39, 0.29) is 5.90 Å². The van der Waals surface area contributed by atoms with Gasteiger partial charge in [0, 0.05) is 0 Å². The van der Waals surface area contributed by atoms with Crippen molar-refractivity contribution in [2.45, 2.75) is 0 Å². The molecule has 0 fully saturated rings. The van der Waals surface area contributed by atoms with Gasteiger partial charge in [0.25, 0.3) is 0 Å². The van der Waals surface area contributed by atoms with Crippen molar-refractivity contribution in [3.63, 3.8) is 0 Å². The smallest absolute Gasteiger partial charge is 0.237 e. The summed E-state index contributed by atoms with van der Waals surface area (Å²) in [4.78, 5) is 4.06. The van der Waals surface area contributed by atoms with Gasteiger partial charge in [0.05, 0.1) is 26.0 Å². The number of nitrogen functional groups attached to an aromatic ring is 1. The predicted octanol–water partition coefficient (Wildman–Crippen LogP) is -0.540. The molecular formula is C8H13N4O+. The van der Waals surface area contributed by atoms with Crippen LogP contribution in [0.5, 0.6) is 0 Å². The zero-order chi connectivity index (χ0) is 9.84. The van der Waals surface area contributed by atoms with Crippen molar-refractivity contribution in [2.24, 2.45) is 0 Å².